The molecule has 20 heavy (non-hydrogen) atoms. The molecule has 110 valence electrons. The molecular weight excluding hydrogens is 284 g/mol. The molecule has 1 aliphatic carbocycles. The largest absolute Gasteiger partial charge is 0.300 e. The van der Waals surface area contributed by atoms with E-state index in [2.05, 4.69) is 9.40 Å². The molecule has 4 nitrogen and oxygen atoms in total. The van der Waals surface area contributed by atoms with E-state index < -0.39 is 6.43 Å². The number of nitrogens with zero attached hydrogens (tertiary/aromatic N) is 3. The summed E-state index contributed by atoms with van der Waals surface area (Å²) in [5.41, 5.74) is 0.0717. The number of hydrogen-bond donors (Lipinski definition) is 0. The Morgan fingerprint density at radius 2 is 2.00 bits per heavy atom. The fourth-order valence-corrected chi connectivity index (χ4v) is 3.95. The quantitative estimate of drug-likeness (QED) is 0.805. The Morgan fingerprint density at radius 3 is 2.50 bits per heavy atom. The minimum Gasteiger partial charge on any atom is -0.300 e. The molecule has 7 heteroatoms. The van der Waals surface area contributed by atoms with Gasteiger partial charge in [0.2, 0.25) is 0 Å². The number of carbonyl (C=O) groups excluding carboxylic acids is 1. The van der Waals surface area contributed by atoms with E-state index in [1.54, 1.807) is 7.05 Å². The van der Waals surface area contributed by atoms with E-state index in [9.17, 15) is 13.6 Å². The van der Waals surface area contributed by atoms with Crippen LogP contribution in [0.5, 0.6) is 0 Å². The van der Waals surface area contributed by atoms with Crippen LogP contribution in [0, 0.1) is 5.41 Å². The van der Waals surface area contributed by atoms with Gasteiger partial charge in [-0.05, 0) is 30.2 Å². The fraction of sp³-hybridized carbons (Fsp3) is 0.692. The maximum atomic E-state index is 12.6. The highest BCUT2D eigenvalue weighted by Crippen LogP contribution is 2.48. The van der Waals surface area contributed by atoms with E-state index in [0.29, 0.717) is 5.78 Å². The van der Waals surface area contributed by atoms with Crippen molar-refractivity contribution in [1.82, 2.24) is 14.1 Å². The standard InChI is InChI=1S/C13H17F2N3OS/c1-17-11(6-10(16-17)12(14)15)20-18-4-2-13(3-5-18)7-9(19)8-13/h6,12H,2-5,7-8H2,1H3. The Hall–Kier alpha value is -0.950. The van der Waals surface area contributed by atoms with Crippen LogP contribution in [-0.2, 0) is 11.8 Å². The zero-order valence-corrected chi connectivity index (χ0v) is 12.1. The molecule has 0 atom stereocenters. The van der Waals surface area contributed by atoms with Crippen LogP contribution in [0.3, 0.4) is 0 Å². The molecule has 0 bridgehead atoms. The Bertz CT molecular complexity index is 514. The van der Waals surface area contributed by atoms with Crippen molar-refractivity contribution in [2.24, 2.45) is 12.5 Å². The monoisotopic (exact) mass is 301 g/mol. The van der Waals surface area contributed by atoms with E-state index in [4.69, 9.17) is 0 Å². The molecule has 2 heterocycles. The lowest BCUT2D eigenvalue weighted by atomic mass is 9.63. The number of ketones is 1. The van der Waals surface area contributed by atoms with Gasteiger partial charge < -0.3 is 0 Å². The van der Waals surface area contributed by atoms with Crippen molar-refractivity contribution in [2.45, 2.75) is 37.1 Å². The van der Waals surface area contributed by atoms with Crippen LogP contribution in [0.4, 0.5) is 8.78 Å². The lowest BCUT2D eigenvalue weighted by molar-refractivity contribution is -0.134. The molecule has 0 N–H and O–H groups in total. The van der Waals surface area contributed by atoms with Crippen LogP contribution in [-0.4, -0.2) is 33.0 Å². The van der Waals surface area contributed by atoms with E-state index in [1.807, 2.05) is 0 Å². The minimum atomic E-state index is -2.53. The van der Waals surface area contributed by atoms with Crippen LogP contribution in [0.2, 0.25) is 0 Å². The predicted octanol–water partition coefficient (Wildman–Crippen LogP) is 2.81. The summed E-state index contributed by atoms with van der Waals surface area (Å²) in [6, 6.07) is 1.45. The van der Waals surface area contributed by atoms with Gasteiger partial charge in [0.25, 0.3) is 6.43 Å². The van der Waals surface area contributed by atoms with E-state index in [-0.39, 0.29) is 11.1 Å². The van der Waals surface area contributed by atoms with Gasteiger partial charge in [0.15, 0.2) is 0 Å². The normalized spacial score (nSPS) is 22.5. The molecule has 0 unspecified atom stereocenters. The summed E-state index contributed by atoms with van der Waals surface area (Å²) in [6.45, 7) is 1.79. The van der Waals surface area contributed by atoms with Gasteiger partial charge in [-0.2, -0.15) is 5.10 Å². The van der Waals surface area contributed by atoms with Crippen molar-refractivity contribution >= 4 is 17.7 Å². The number of carbonyl (C=O) groups is 1. The number of rotatable bonds is 3. The number of piperidine rings is 1. The minimum absolute atomic E-state index is 0.173. The van der Waals surface area contributed by atoms with Crippen molar-refractivity contribution in [1.29, 1.82) is 0 Å². The summed E-state index contributed by atoms with van der Waals surface area (Å²) in [4.78, 5) is 11.2. The van der Waals surface area contributed by atoms with Gasteiger partial charge in [-0.15, -0.1) is 0 Å². The number of aromatic nitrogens is 2. The summed E-state index contributed by atoms with van der Waals surface area (Å²) >= 11 is 1.48. The average Bonchev–Trinajstić information content (AvgIpc) is 2.72. The van der Waals surface area contributed by atoms with Gasteiger partial charge in [-0.1, -0.05) is 0 Å². The first-order chi connectivity index (χ1) is 9.47. The molecule has 1 spiro atoms. The van der Waals surface area contributed by atoms with Gasteiger partial charge in [0.1, 0.15) is 16.5 Å². The van der Waals surface area contributed by atoms with Crippen LogP contribution in [0.1, 0.15) is 37.8 Å². The lowest BCUT2D eigenvalue weighted by Gasteiger charge is -2.46. The topological polar surface area (TPSA) is 38.1 Å². The third-order valence-electron chi connectivity index (χ3n) is 4.23. The Morgan fingerprint density at radius 1 is 1.35 bits per heavy atom. The van der Waals surface area contributed by atoms with E-state index in [1.165, 1.54) is 22.7 Å². The number of aryl methyl sites for hydroxylation is 1. The third-order valence-corrected chi connectivity index (χ3v) is 5.42. The Balaban J connectivity index is 1.58. The number of Topliss-reactive ketones (excluding diaryl/α,β-unsaturated/α-hetero) is 1. The summed E-state index contributed by atoms with van der Waals surface area (Å²) in [7, 11) is 1.68. The van der Waals surface area contributed by atoms with E-state index in [0.717, 1.165) is 43.8 Å². The van der Waals surface area contributed by atoms with Crippen molar-refractivity contribution in [3.63, 3.8) is 0 Å². The number of alkyl halides is 2. The number of halogens is 2. The molecule has 0 amide bonds. The SMILES string of the molecule is Cn1nc(C(F)F)cc1SN1CCC2(CC1)CC(=O)C2. The molecular formula is C13H17F2N3OS. The molecule has 1 saturated heterocycles. The highest BCUT2D eigenvalue weighted by molar-refractivity contribution is 7.97. The first-order valence-corrected chi connectivity index (χ1v) is 7.51. The second-order valence-corrected chi connectivity index (χ2v) is 6.86. The average molecular weight is 301 g/mol. The molecule has 2 fully saturated rings. The highest BCUT2D eigenvalue weighted by atomic mass is 32.2. The summed E-state index contributed by atoms with van der Waals surface area (Å²) in [5, 5.41) is 4.55. The molecule has 1 saturated carbocycles. The zero-order chi connectivity index (χ0) is 14.3. The Labute approximate surface area is 120 Å². The lowest BCUT2D eigenvalue weighted by Crippen LogP contribution is -2.45. The van der Waals surface area contributed by atoms with Crippen molar-refractivity contribution in [3.8, 4) is 0 Å². The summed E-state index contributed by atoms with van der Waals surface area (Å²) < 4.78 is 28.9. The smallest absolute Gasteiger partial charge is 0.282 e. The molecule has 1 aliphatic heterocycles. The van der Waals surface area contributed by atoms with Crippen molar-refractivity contribution in [3.05, 3.63) is 11.8 Å². The molecule has 0 aromatic carbocycles. The fourth-order valence-electron chi connectivity index (χ4n) is 2.99. The molecule has 1 aromatic rings. The van der Waals surface area contributed by atoms with Crippen molar-refractivity contribution < 1.29 is 13.6 Å². The molecule has 3 rings (SSSR count). The van der Waals surface area contributed by atoms with E-state index >= 15 is 0 Å². The molecule has 0 radical (unpaired) electrons. The van der Waals surface area contributed by atoms with Crippen LogP contribution >= 0.6 is 11.9 Å². The van der Waals surface area contributed by atoms with Gasteiger partial charge in [0.05, 0.1) is 0 Å². The van der Waals surface area contributed by atoms with Gasteiger partial charge in [-0.3, -0.25) is 9.48 Å². The predicted molar refractivity (Wildman–Crippen MR) is 71.5 cm³/mol. The highest BCUT2D eigenvalue weighted by Gasteiger charge is 2.45. The third kappa shape index (κ3) is 2.61. The number of hydrogen-bond acceptors (Lipinski definition) is 4. The van der Waals surface area contributed by atoms with Gasteiger partial charge >= 0.3 is 0 Å². The summed E-state index contributed by atoms with van der Waals surface area (Å²) in [6.07, 6.45) is 0.969. The van der Waals surface area contributed by atoms with Crippen molar-refractivity contribution in [2.75, 3.05) is 13.1 Å². The second-order valence-electron chi connectivity index (χ2n) is 5.74. The second kappa shape index (κ2) is 5.11. The molecule has 2 aliphatic rings. The molecule has 1 aromatic heterocycles. The van der Waals surface area contributed by atoms with Gasteiger partial charge in [0, 0.05) is 39.0 Å². The first-order valence-electron chi connectivity index (χ1n) is 6.74. The maximum absolute atomic E-state index is 12.6. The van der Waals surface area contributed by atoms with Crippen LogP contribution in [0.15, 0.2) is 11.1 Å². The maximum Gasteiger partial charge on any atom is 0.282 e. The van der Waals surface area contributed by atoms with Crippen LogP contribution < -0.4 is 0 Å². The Kier molecular flexibility index (Phi) is 3.58. The zero-order valence-electron chi connectivity index (χ0n) is 11.3. The van der Waals surface area contributed by atoms with Crippen LogP contribution in [0.25, 0.3) is 0 Å². The summed E-state index contributed by atoms with van der Waals surface area (Å²) in [5.74, 6) is 0.374. The first kappa shape index (κ1) is 14.0. The van der Waals surface area contributed by atoms with Gasteiger partial charge in [-0.25, -0.2) is 13.1 Å².